The molecule has 2 saturated heterocycles. The van der Waals surface area contributed by atoms with Crippen molar-refractivity contribution < 1.29 is 8.42 Å². The second-order valence-corrected chi connectivity index (χ2v) is 7.94. The molecule has 22 heavy (non-hydrogen) atoms. The topological polar surface area (TPSA) is 71.1 Å². The van der Waals surface area contributed by atoms with E-state index in [2.05, 4.69) is 15.0 Å². The monoisotopic (exact) mass is 317 g/mol. The lowest BCUT2D eigenvalue weighted by molar-refractivity contribution is 0.345. The molecule has 2 unspecified atom stereocenters. The van der Waals surface area contributed by atoms with Crippen molar-refractivity contribution in [3.05, 3.63) is 36.5 Å². The first-order valence-corrected chi connectivity index (χ1v) is 9.22. The molecule has 0 radical (unpaired) electrons. The molecule has 2 aliphatic rings. The first-order chi connectivity index (χ1) is 10.6. The summed E-state index contributed by atoms with van der Waals surface area (Å²) in [5, 5.41) is 4.37. The van der Waals surface area contributed by atoms with Gasteiger partial charge in [-0.15, -0.1) is 0 Å². The van der Waals surface area contributed by atoms with Crippen LogP contribution in [0.15, 0.2) is 41.4 Å². The fourth-order valence-electron chi connectivity index (χ4n) is 3.73. The molecule has 1 aromatic carbocycles. The summed E-state index contributed by atoms with van der Waals surface area (Å²) in [6.07, 6.45) is 5.67. The number of fused-ring (bicyclic) bond motifs is 3. The van der Waals surface area contributed by atoms with Crippen LogP contribution in [0.5, 0.6) is 0 Å². The van der Waals surface area contributed by atoms with Gasteiger partial charge in [0.2, 0.25) is 10.0 Å². The van der Waals surface area contributed by atoms with Crippen LogP contribution in [-0.2, 0) is 10.0 Å². The molecule has 5 nitrogen and oxygen atoms in total. The first-order valence-electron chi connectivity index (χ1n) is 7.74. The van der Waals surface area contributed by atoms with Crippen molar-refractivity contribution in [1.29, 1.82) is 0 Å². The van der Waals surface area contributed by atoms with Crippen LogP contribution in [0.3, 0.4) is 0 Å². The zero-order valence-corrected chi connectivity index (χ0v) is 13.0. The Hall–Kier alpha value is -1.50. The van der Waals surface area contributed by atoms with Gasteiger partial charge in [-0.2, -0.15) is 0 Å². The molecule has 2 N–H and O–H groups in total. The van der Waals surface area contributed by atoms with Crippen LogP contribution < -0.4 is 10.0 Å². The van der Waals surface area contributed by atoms with Crippen molar-refractivity contribution in [2.24, 2.45) is 0 Å². The van der Waals surface area contributed by atoms with Gasteiger partial charge >= 0.3 is 0 Å². The molecule has 0 spiro atoms. The third kappa shape index (κ3) is 2.51. The molecule has 2 aliphatic heterocycles. The average molecular weight is 317 g/mol. The summed E-state index contributed by atoms with van der Waals surface area (Å²) in [7, 11) is -3.55. The van der Waals surface area contributed by atoms with E-state index < -0.39 is 10.0 Å². The second-order valence-electron chi connectivity index (χ2n) is 6.26. The van der Waals surface area contributed by atoms with Crippen LogP contribution in [0.25, 0.3) is 10.9 Å². The standard InChI is InChI=1S/C16H19N3O2S/c20-22(21,19-14-9-12-6-7-13(10-14)18-12)15-5-1-3-11-4-2-8-17-16(11)15/h1-5,8,12-14,18-19H,6-7,9-10H2. The third-order valence-corrected chi connectivity index (χ3v) is 6.23. The largest absolute Gasteiger partial charge is 0.311 e. The fourth-order valence-corrected chi connectivity index (χ4v) is 5.17. The molecule has 2 atom stereocenters. The summed E-state index contributed by atoms with van der Waals surface area (Å²) >= 11 is 0. The van der Waals surface area contributed by atoms with Crippen LogP contribution in [-0.4, -0.2) is 31.5 Å². The molecule has 2 fully saturated rings. The number of pyridine rings is 1. The lowest BCUT2D eigenvalue weighted by atomic mass is 10.0. The van der Waals surface area contributed by atoms with Gasteiger partial charge < -0.3 is 5.32 Å². The van der Waals surface area contributed by atoms with Crippen molar-refractivity contribution in [3.63, 3.8) is 0 Å². The summed E-state index contributed by atoms with van der Waals surface area (Å²) in [5.74, 6) is 0. The normalized spacial score (nSPS) is 28.1. The van der Waals surface area contributed by atoms with E-state index in [1.165, 1.54) is 0 Å². The highest BCUT2D eigenvalue weighted by molar-refractivity contribution is 7.89. The van der Waals surface area contributed by atoms with Crippen molar-refractivity contribution in [1.82, 2.24) is 15.0 Å². The lowest BCUT2D eigenvalue weighted by Gasteiger charge is -2.29. The van der Waals surface area contributed by atoms with Gasteiger partial charge in [-0.1, -0.05) is 18.2 Å². The maximum atomic E-state index is 12.8. The SMILES string of the molecule is O=S(=O)(NC1CC2CCC(C1)N2)c1cccc2cccnc12. The first kappa shape index (κ1) is 14.1. The smallest absolute Gasteiger partial charge is 0.242 e. The highest BCUT2D eigenvalue weighted by Gasteiger charge is 2.35. The van der Waals surface area contributed by atoms with E-state index in [0.717, 1.165) is 31.1 Å². The van der Waals surface area contributed by atoms with Gasteiger partial charge in [0.1, 0.15) is 4.90 Å². The Morgan fingerprint density at radius 2 is 1.82 bits per heavy atom. The minimum atomic E-state index is -3.55. The average Bonchev–Trinajstić information content (AvgIpc) is 2.85. The van der Waals surface area contributed by atoms with Gasteiger partial charge in [0.15, 0.2) is 0 Å². The van der Waals surface area contributed by atoms with Crippen LogP contribution in [0, 0.1) is 0 Å². The van der Waals surface area contributed by atoms with Gasteiger partial charge in [0.25, 0.3) is 0 Å². The van der Waals surface area contributed by atoms with Crippen LogP contribution in [0.4, 0.5) is 0 Å². The van der Waals surface area contributed by atoms with Gasteiger partial charge in [-0.3, -0.25) is 4.98 Å². The summed E-state index contributed by atoms with van der Waals surface area (Å²) < 4.78 is 28.4. The molecule has 0 aliphatic carbocycles. The minimum absolute atomic E-state index is 0.0164. The highest BCUT2D eigenvalue weighted by Crippen LogP contribution is 2.28. The molecule has 6 heteroatoms. The van der Waals surface area contributed by atoms with E-state index >= 15 is 0 Å². The van der Waals surface area contributed by atoms with Crippen LogP contribution >= 0.6 is 0 Å². The number of piperidine rings is 1. The van der Waals surface area contributed by atoms with Crippen molar-refractivity contribution in [2.45, 2.75) is 48.7 Å². The van der Waals surface area contributed by atoms with Gasteiger partial charge in [-0.25, -0.2) is 13.1 Å². The summed E-state index contributed by atoms with van der Waals surface area (Å²) in [6.45, 7) is 0. The van der Waals surface area contributed by atoms with Crippen molar-refractivity contribution >= 4 is 20.9 Å². The van der Waals surface area contributed by atoms with E-state index in [0.29, 0.717) is 17.6 Å². The van der Waals surface area contributed by atoms with E-state index in [4.69, 9.17) is 0 Å². The quantitative estimate of drug-likeness (QED) is 0.905. The number of rotatable bonds is 3. The number of hydrogen-bond donors (Lipinski definition) is 2. The lowest BCUT2D eigenvalue weighted by Crippen LogP contribution is -2.47. The molecule has 1 aromatic heterocycles. The number of benzene rings is 1. The van der Waals surface area contributed by atoms with E-state index in [1.807, 2.05) is 18.2 Å². The van der Waals surface area contributed by atoms with Crippen LogP contribution in [0.2, 0.25) is 0 Å². The Balaban J connectivity index is 1.65. The highest BCUT2D eigenvalue weighted by atomic mass is 32.2. The Morgan fingerprint density at radius 3 is 2.59 bits per heavy atom. The number of nitrogens with one attached hydrogen (secondary N) is 2. The molecular formula is C16H19N3O2S. The maximum Gasteiger partial charge on any atom is 0.242 e. The zero-order chi connectivity index (χ0) is 15.2. The molecule has 0 amide bonds. The summed E-state index contributed by atoms with van der Waals surface area (Å²) in [6, 6.07) is 9.91. The number of sulfonamides is 1. The summed E-state index contributed by atoms with van der Waals surface area (Å²) in [4.78, 5) is 4.53. The van der Waals surface area contributed by atoms with E-state index in [1.54, 1.807) is 18.3 Å². The molecule has 2 aromatic rings. The summed E-state index contributed by atoms with van der Waals surface area (Å²) in [5.41, 5.74) is 0.536. The predicted molar refractivity (Wildman–Crippen MR) is 85.0 cm³/mol. The molecule has 4 rings (SSSR count). The van der Waals surface area contributed by atoms with Gasteiger partial charge in [0.05, 0.1) is 5.52 Å². The Morgan fingerprint density at radius 1 is 1.09 bits per heavy atom. The van der Waals surface area contributed by atoms with Crippen molar-refractivity contribution in [2.75, 3.05) is 0 Å². The third-order valence-electron chi connectivity index (χ3n) is 4.68. The molecular weight excluding hydrogens is 298 g/mol. The predicted octanol–water partition coefficient (Wildman–Crippen LogP) is 1.80. The van der Waals surface area contributed by atoms with Gasteiger partial charge in [-0.05, 0) is 37.8 Å². The Labute approximate surface area is 130 Å². The Kier molecular flexibility index (Phi) is 3.40. The second kappa shape index (κ2) is 5.30. The van der Waals surface area contributed by atoms with E-state index in [9.17, 15) is 8.42 Å². The van der Waals surface area contributed by atoms with E-state index in [-0.39, 0.29) is 10.9 Å². The number of aromatic nitrogens is 1. The number of hydrogen-bond acceptors (Lipinski definition) is 4. The maximum absolute atomic E-state index is 12.8. The molecule has 3 heterocycles. The fraction of sp³-hybridized carbons (Fsp3) is 0.438. The Bertz CT molecular complexity index is 789. The molecule has 0 saturated carbocycles. The molecule has 2 bridgehead atoms. The number of nitrogens with zero attached hydrogens (tertiary/aromatic N) is 1. The van der Waals surface area contributed by atoms with Crippen LogP contribution in [0.1, 0.15) is 25.7 Å². The minimum Gasteiger partial charge on any atom is -0.311 e. The molecule has 116 valence electrons. The number of para-hydroxylation sites is 1. The van der Waals surface area contributed by atoms with Gasteiger partial charge in [0, 0.05) is 29.7 Å². The van der Waals surface area contributed by atoms with Crippen molar-refractivity contribution in [3.8, 4) is 0 Å². The zero-order valence-electron chi connectivity index (χ0n) is 12.2.